The lowest BCUT2D eigenvalue weighted by molar-refractivity contribution is 0.0693. The lowest BCUT2D eigenvalue weighted by Gasteiger charge is -2.42. The first kappa shape index (κ1) is 20.3. The monoisotopic (exact) mass is 374 g/mol. The molecular weight excluding hydrogens is 344 g/mol. The molecule has 0 saturated heterocycles. The molecule has 0 fully saturated rings. The van der Waals surface area contributed by atoms with Crippen LogP contribution >= 0.6 is 0 Å². The van der Waals surface area contributed by atoms with Gasteiger partial charge in [0.05, 0.1) is 0 Å². The van der Waals surface area contributed by atoms with Crippen molar-refractivity contribution < 1.29 is 19.4 Å². The van der Waals surface area contributed by atoms with Gasteiger partial charge in [0.25, 0.3) is 8.32 Å². The molecule has 2 N–H and O–H groups in total. The summed E-state index contributed by atoms with van der Waals surface area (Å²) in [5.74, 6) is -0.771. The highest BCUT2D eigenvalue weighted by Crippen LogP contribution is 2.46. The molecule has 0 saturated carbocycles. The normalized spacial score (nSPS) is 12.4. The number of aromatic hydroxyl groups is 1. The minimum atomic E-state index is -2.26. The van der Waals surface area contributed by atoms with E-state index < -0.39 is 14.3 Å². The lowest BCUT2D eigenvalue weighted by atomic mass is 10.0. The van der Waals surface area contributed by atoms with Crippen LogP contribution in [0.2, 0.25) is 16.6 Å². The van der Waals surface area contributed by atoms with Crippen molar-refractivity contribution in [1.29, 1.82) is 0 Å². The third-order valence-electron chi connectivity index (χ3n) is 5.53. The lowest BCUT2D eigenvalue weighted by Crippen LogP contribution is -2.50. The molecule has 2 rings (SSSR count). The van der Waals surface area contributed by atoms with Gasteiger partial charge in [0, 0.05) is 10.8 Å². The van der Waals surface area contributed by atoms with Crippen LogP contribution in [0.25, 0.3) is 10.8 Å². The molecule has 0 bridgehead atoms. The van der Waals surface area contributed by atoms with Crippen molar-refractivity contribution >= 4 is 25.1 Å². The molecule has 4 nitrogen and oxygen atoms in total. The van der Waals surface area contributed by atoms with Crippen LogP contribution in [-0.2, 0) is 0 Å². The Labute approximate surface area is 156 Å². The maximum absolute atomic E-state index is 11.7. The quantitative estimate of drug-likeness (QED) is 0.599. The van der Waals surface area contributed by atoms with E-state index in [0.29, 0.717) is 27.8 Å². The second-order valence-electron chi connectivity index (χ2n) is 7.99. The Morgan fingerprint density at radius 1 is 1.04 bits per heavy atom. The molecule has 0 heterocycles. The standard InChI is InChI=1S/C21H30O4Si/c1-12(2)26(13(3)4,14(5)6)25-18-11-17(21(23)24)20(22)16-10-8-9-15(7)19(16)18/h8-14,22H,1-7H3,(H,23,24). The van der Waals surface area contributed by atoms with Gasteiger partial charge in [0.15, 0.2) is 0 Å². The van der Waals surface area contributed by atoms with Gasteiger partial charge in [-0.15, -0.1) is 0 Å². The van der Waals surface area contributed by atoms with Crippen LogP contribution in [0.1, 0.15) is 57.5 Å². The van der Waals surface area contributed by atoms with Crippen molar-refractivity contribution in [1.82, 2.24) is 0 Å². The first-order chi connectivity index (χ1) is 12.0. The van der Waals surface area contributed by atoms with Crippen molar-refractivity contribution in [3.8, 4) is 11.5 Å². The molecule has 0 unspecified atom stereocenters. The summed E-state index contributed by atoms with van der Waals surface area (Å²) in [4.78, 5) is 11.7. The van der Waals surface area contributed by atoms with Gasteiger partial charge >= 0.3 is 5.97 Å². The smallest absolute Gasteiger partial charge is 0.339 e. The molecule has 0 atom stereocenters. The molecule has 26 heavy (non-hydrogen) atoms. The van der Waals surface area contributed by atoms with Crippen LogP contribution in [0.4, 0.5) is 0 Å². The number of hydrogen-bond acceptors (Lipinski definition) is 3. The van der Waals surface area contributed by atoms with Crippen LogP contribution in [0.15, 0.2) is 24.3 Å². The zero-order valence-electron chi connectivity index (χ0n) is 16.8. The number of phenols is 1. The van der Waals surface area contributed by atoms with Gasteiger partial charge in [-0.05, 0) is 35.2 Å². The highest BCUT2D eigenvalue weighted by atomic mass is 28.4. The third-order valence-corrected chi connectivity index (χ3v) is 11.5. The fourth-order valence-electron chi connectivity index (χ4n) is 4.40. The number of fused-ring (bicyclic) bond motifs is 1. The van der Waals surface area contributed by atoms with Gasteiger partial charge in [0.1, 0.15) is 17.1 Å². The average Bonchev–Trinajstić information content (AvgIpc) is 2.53. The molecule has 0 aliphatic heterocycles. The molecule has 0 amide bonds. The van der Waals surface area contributed by atoms with Gasteiger partial charge in [-0.3, -0.25) is 0 Å². The van der Waals surface area contributed by atoms with E-state index in [0.717, 1.165) is 10.9 Å². The molecule has 0 aromatic heterocycles. The number of aryl methyl sites for hydroxylation is 1. The Morgan fingerprint density at radius 2 is 1.58 bits per heavy atom. The SMILES string of the molecule is Cc1cccc2c(O)c(C(=O)O)cc(O[Si](C(C)C)(C(C)C)C(C)C)c12. The average molecular weight is 375 g/mol. The number of carboxylic acid groups (broad SMARTS) is 1. The van der Waals surface area contributed by atoms with Crippen molar-refractivity contribution in [2.24, 2.45) is 0 Å². The summed E-state index contributed by atoms with van der Waals surface area (Å²) in [6.45, 7) is 15.1. The predicted molar refractivity (Wildman–Crippen MR) is 109 cm³/mol. The summed E-state index contributed by atoms with van der Waals surface area (Å²) < 4.78 is 6.79. The zero-order chi connectivity index (χ0) is 19.8. The van der Waals surface area contributed by atoms with Crippen LogP contribution in [0.3, 0.4) is 0 Å². The van der Waals surface area contributed by atoms with E-state index in [1.807, 2.05) is 19.1 Å². The Hall–Kier alpha value is -2.01. The van der Waals surface area contributed by atoms with Gasteiger partial charge in [-0.25, -0.2) is 4.79 Å². The van der Waals surface area contributed by atoms with Crippen LogP contribution < -0.4 is 4.43 Å². The fourth-order valence-corrected chi connectivity index (χ4v) is 9.65. The molecular formula is C21H30O4Si. The number of carboxylic acids is 1. The van der Waals surface area contributed by atoms with E-state index in [4.69, 9.17) is 4.43 Å². The number of benzene rings is 2. The van der Waals surface area contributed by atoms with E-state index in [2.05, 4.69) is 41.5 Å². The zero-order valence-corrected chi connectivity index (χ0v) is 17.8. The van der Waals surface area contributed by atoms with E-state index in [1.54, 1.807) is 6.07 Å². The Bertz CT molecular complexity index is 803. The fraction of sp³-hybridized carbons (Fsp3) is 0.476. The first-order valence-electron chi connectivity index (χ1n) is 9.21. The molecule has 2 aromatic rings. The van der Waals surface area contributed by atoms with Crippen LogP contribution in [-0.4, -0.2) is 24.5 Å². The van der Waals surface area contributed by atoms with E-state index in [1.165, 1.54) is 6.07 Å². The molecule has 0 radical (unpaired) electrons. The number of rotatable bonds is 6. The van der Waals surface area contributed by atoms with E-state index >= 15 is 0 Å². The van der Waals surface area contributed by atoms with Crippen LogP contribution in [0.5, 0.6) is 11.5 Å². The predicted octanol–water partition coefficient (Wildman–Crippen LogP) is 6.11. The number of carbonyl (C=O) groups is 1. The minimum Gasteiger partial charge on any atom is -0.542 e. The van der Waals surface area contributed by atoms with E-state index in [9.17, 15) is 15.0 Å². The summed E-state index contributed by atoms with van der Waals surface area (Å²) in [7, 11) is -2.26. The summed E-state index contributed by atoms with van der Waals surface area (Å²) >= 11 is 0. The topological polar surface area (TPSA) is 66.8 Å². The molecule has 5 heteroatoms. The van der Waals surface area contributed by atoms with Gasteiger partial charge in [-0.2, -0.15) is 0 Å². The van der Waals surface area contributed by atoms with Gasteiger partial charge in [-0.1, -0.05) is 59.7 Å². The number of aromatic carboxylic acids is 1. The van der Waals surface area contributed by atoms with E-state index in [-0.39, 0.29) is 11.3 Å². The van der Waals surface area contributed by atoms with Gasteiger partial charge in [0.2, 0.25) is 0 Å². The summed E-state index contributed by atoms with van der Waals surface area (Å²) in [6.07, 6.45) is 0. The highest BCUT2D eigenvalue weighted by molar-refractivity contribution is 6.78. The Morgan fingerprint density at radius 3 is 2.04 bits per heavy atom. The molecule has 2 aromatic carbocycles. The molecule has 0 spiro atoms. The van der Waals surface area contributed by atoms with Crippen molar-refractivity contribution in [3.63, 3.8) is 0 Å². The largest absolute Gasteiger partial charge is 0.542 e. The number of hydrogen-bond donors (Lipinski definition) is 2. The van der Waals surface area contributed by atoms with Crippen molar-refractivity contribution in [3.05, 3.63) is 35.4 Å². The second-order valence-corrected chi connectivity index (χ2v) is 13.4. The molecule has 142 valence electrons. The van der Waals surface area contributed by atoms with Crippen molar-refractivity contribution in [2.75, 3.05) is 0 Å². The molecule has 0 aliphatic rings. The Kier molecular flexibility index (Phi) is 5.71. The van der Waals surface area contributed by atoms with Crippen LogP contribution in [0, 0.1) is 6.92 Å². The second kappa shape index (κ2) is 7.31. The maximum atomic E-state index is 11.7. The molecule has 0 aliphatic carbocycles. The van der Waals surface area contributed by atoms with Crippen molar-refractivity contribution in [2.45, 2.75) is 65.1 Å². The first-order valence-corrected chi connectivity index (χ1v) is 11.4. The third kappa shape index (κ3) is 3.20. The summed E-state index contributed by atoms with van der Waals surface area (Å²) in [6, 6.07) is 7.03. The Balaban J connectivity index is 2.83. The maximum Gasteiger partial charge on any atom is 0.339 e. The van der Waals surface area contributed by atoms with Gasteiger partial charge < -0.3 is 14.6 Å². The summed E-state index contributed by atoms with van der Waals surface area (Å²) in [5.41, 5.74) is 1.94. The highest BCUT2D eigenvalue weighted by Gasteiger charge is 2.47. The minimum absolute atomic E-state index is 0.114. The summed E-state index contributed by atoms with van der Waals surface area (Å²) in [5, 5.41) is 21.3.